The second kappa shape index (κ2) is 9.47. The lowest BCUT2D eigenvalue weighted by molar-refractivity contribution is 0.308. The van der Waals surface area contributed by atoms with Crippen molar-refractivity contribution < 1.29 is 0 Å². The Kier molecular flexibility index (Phi) is 6.75. The number of rotatable bonds is 5. The van der Waals surface area contributed by atoms with E-state index in [0.29, 0.717) is 5.92 Å². The molecule has 1 aliphatic rings. The second-order valence-corrected chi connectivity index (χ2v) is 7.38. The molecular weight excluding hydrogens is 300 g/mol. The predicted molar refractivity (Wildman–Crippen MR) is 108 cm³/mol. The first-order valence-corrected chi connectivity index (χ1v) is 9.98. The molecule has 0 unspecified atom stereocenters. The van der Waals surface area contributed by atoms with Crippen LogP contribution in [0.2, 0.25) is 0 Å². The fourth-order valence-electron chi connectivity index (χ4n) is 4.15. The van der Waals surface area contributed by atoms with Gasteiger partial charge in [0.05, 0.1) is 0 Å². The number of hydrogen-bond donors (Lipinski definition) is 0. The van der Waals surface area contributed by atoms with Crippen LogP contribution in [-0.4, -0.2) is 0 Å². The molecule has 0 amide bonds. The van der Waals surface area contributed by atoms with Crippen LogP contribution in [0.4, 0.5) is 0 Å². The first-order valence-electron chi connectivity index (χ1n) is 9.98. The minimum Gasteiger partial charge on any atom is -0.0975 e. The first kappa shape index (κ1) is 17.8. The van der Waals surface area contributed by atoms with E-state index in [1.165, 1.54) is 55.2 Å². The largest absolute Gasteiger partial charge is 0.0975 e. The van der Waals surface area contributed by atoms with E-state index in [4.69, 9.17) is 0 Å². The lowest BCUT2D eigenvalue weighted by Gasteiger charge is -2.29. The average Bonchev–Trinajstić information content (AvgIpc) is 2.67. The molecule has 3 rings (SSSR count). The summed E-state index contributed by atoms with van der Waals surface area (Å²) in [7, 11) is 0. The molecule has 0 spiro atoms. The van der Waals surface area contributed by atoms with Gasteiger partial charge in [-0.15, -0.1) is 0 Å². The van der Waals surface area contributed by atoms with Crippen molar-refractivity contribution >= 4 is 0 Å². The van der Waals surface area contributed by atoms with Gasteiger partial charge in [-0.25, -0.2) is 0 Å². The molecule has 1 aliphatic carbocycles. The molecule has 0 atom stereocenters. The molecule has 0 aliphatic heterocycles. The van der Waals surface area contributed by atoms with Gasteiger partial charge in [0, 0.05) is 12.0 Å². The Labute approximate surface area is 153 Å². The lowest BCUT2D eigenvalue weighted by Crippen LogP contribution is -2.14. The molecule has 0 radical (unpaired) electrons. The summed E-state index contributed by atoms with van der Waals surface area (Å²) in [5.74, 6) is 8.55. The molecule has 1 saturated carbocycles. The predicted octanol–water partition coefficient (Wildman–Crippen LogP) is 6.74. The Bertz CT molecular complexity index is 694. The van der Waals surface area contributed by atoms with Gasteiger partial charge in [0.25, 0.3) is 0 Å². The van der Waals surface area contributed by atoms with E-state index in [-0.39, 0.29) is 0 Å². The van der Waals surface area contributed by atoms with Crippen LogP contribution >= 0.6 is 0 Å². The highest BCUT2D eigenvalue weighted by Gasteiger charge is 2.22. The Hall–Kier alpha value is -2.00. The molecule has 0 N–H and O–H groups in total. The third kappa shape index (κ3) is 5.23. The molecule has 0 nitrogen and oxygen atoms in total. The van der Waals surface area contributed by atoms with Gasteiger partial charge in [-0.05, 0) is 61.1 Å². The maximum Gasteiger partial charge on any atom is 0.0280 e. The van der Waals surface area contributed by atoms with E-state index in [1.54, 1.807) is 0 Å². The van der Waals surface area contributed by atoms with Gasteiger partial charge in [-0.3, -0.25) is 0 Å². The van der Waals surface area contributed by atoms with Crippen molar-refractivity contribution in [1.29, 1.82) is 0 Å². The van der Waals surface area contributed by atoms with E-state index < -0.39 is 0 Å². The number of hydrogen-bond acceptors (Lipinski definition) is 0. The highest BCUT2D eigenvalue weighted by molar-refractivity contribution is 5.43. The highest BCUT2D eigenvalue weighted by Crippen LogP contribution is 2.38. The van der Waals surface area contributed by atoms with Crippen molar-refractivity contribution in [2.75, 3.05) is 0 Å². The normalized spacial score (nSPS) is 19.9. The summed E-state index contributed by atoms with van der Waals surface area (Å²) in [5, 5.41) is 0. The van der Waals surface area contributed by atoms with Crippen LogP contribution in [0.5, 0.6) is 0 Å². The van der Waals surface area contributed by atoms with Crippen molar-refractivity contribution in [3.63, 3.8) is 0 Å². The standard InChI is InChI=1S/C25H30/c1-2-10-21-17-19-24(20-18-21)25-16-9-8-15-23(25)14-7-6-13-22-11-4-3-5-12-22/h3-5,8-9,11-12,15-16,21,24H,2,6,10,13,17-20H2,1H3. The van der Waals surface area contributed by atoms with Crippen LogP contribution in [0.1, 0.15) is 74.5 Å². The SMILES string of the molecule is CCCC1CCC(c2ccccc2C#CCCc2ccccc2)CC1. The van der Waals surface area contributed by atoms with Gasteiger partial charge in [0.1, 0.15) is 0 Å². The molecule has 1 fully saturated rings. The van der Waals surface area contributed by atoms with Crippen LogP contribution in [0.15, 0.2) is 54.6 Å². The Morgan fingerprint density at radius 2 is 1.60 bits per heavy atom. The monoisotopic (exact) mass is 330 g/mol. The zero-order chi connectivity index (χ0) is 17.3. The van der Waals surface area contributed by atoms with Crippen molar-refractivity contribution in [3.8, 4) is 11.8 Å². The van der Waals surface area contributed by atoms with Gasteiger partial charge in [-0.2, -0.15) is 0 Å². The van der Waals surface area contributed by atoms with Crippen LogP contribution < -0.4 is 0 Å². The van der Waals surface area contributed by atoms with Crippen molar-refractivity contribution in [2.24, 2.45) is 5.92 Å². The summed E-state index contributed by atoms with van der Waals surface area (Å²) in [6, 6.07) is 19.5. The Morgan fingerprint density at radius 3 is 2.36 bits per heavy atom. The smallest absolute Gasteiger partial charge is 0.0280 e. The van der Waals surface area contributed by atoms with Crippen molar-refractivity contribution in [1.82, 2.24) is 0 Å². The summed E-state index contributed by atoms with van der Waals surface area (Å²) in [6.45, 7) is 2.31. The van der Waals surface area contributed by atoms with E-state index in [9.17, 15) is 0 Å². The summed E-state index contributed by atoms with van der Waals surface area (Å²) < 4.78 is 0. The van der Waals surface area contributed by atoms with E-state index >= 15 is 0 Å². The van der Waals surface area contributed by atoms with Crippen LogP contribution in [0.3, 0.4) is 0 Å². The number of aryl methyl sites for hydroxylation is 1. The molecule has 130 valence electrons. The third-order valence-electron chi connectivity index (χ3n) is 5.55. The topological polar surface area (TPSA) is 0 Å². The maximum atomic E-state index is 3.47. The van der Waals surface area contributed by atoms with E-state index in [0.717, 1.165) is 18.8 Å². The Balaban J connectivity index is 1.61. The zero-order valence-corrected chi connectivity index (χ0v) is 15.5. The van der Waals surface area contributed by atoms with Crippen LogP contribution in [0, 0.1) is 17.8 Å². The van der Waals surface area contributed by atoms with E-state index in [2.05, 4.69) is 73.4 Å². The fraction of sp³-hybridized carbons (Fsp3) is 0.440. The molecule has 0 aromatic heterocycles. The third-order valence-corrected chi connectivity index (χ3v) is 5.55. The van der Waals surface area contributed by atoms with Gasteiger partial charge in [-0.1, -0.05) is 80.1 Å². The second-order valence-electron chi connectivity index (χ2n) is 7.38. The zero-order valence-electron chi connectivity index (χ0n) is 15.5. The molecular formula is C25H30. The quantitative estimate of drug-likeness (QED) is 0.532. The van der Waals surface area contributed by atoms with Gasteiger partial charge in [0.2, 0.25) is 0 Å². The summed E-state index contributed by atoms with van der Waals surface area (Å²) in [6.07, 6.45) is 10.2. The maximum absolute atomic E-state index is 3.47. The minimum atomic E-state index is 0.715. The fourth-order valence-corrected chi connectivity index (χ4v) is 4.15. The average molecular weight is 331 g/mol. The van der Waals surface area contributed by atoms with Gasteiger partial charge < -0.3 is 0 Å². The van der Waals surface area contributed by atoms with Crippen LogP contribution in [0.25, 0.3) is 0 Å². The summed E-state index contributed by atoms with van der Waals surface area (Å²) in [4.78, 5) is 0. The minimum absolute atomic E-state index is 0.715. The molecule has 2 aromatic carbocycles. The van der Waals surface area contributed by atoms with Crippen LogP contribution in [-0.2, 0) is 6.42 Å². The molecule has 0 heterocycles. The summed E-state index contributed by atoms with van der Waals surface area (Å²) >= 11 is 0. The van der Waals surface area contributed by atoms with Gasteiger partial charge >= 0.3 is 0 Å². The lowest BCUT2D eigenvalue weighted by atomic mass is 9.76. The summed E-state index contributed by atoms with van der Waals surface area (Å²) in [5.41, 5.74) is 4.12. The molecule has 25 heavy (non-hydrogen) atoms. The first-order chi connectivity index (χ1) is 12.4. The molecule has 0 bridgehead atoms. The molecule has 0 heteroatoms. The molecule has 2 aromatic rings. The Morgan fingerprint density at radius 1 is 0.880 bits per heavy atom. The highest BCUT2D eigenvalue weighted by atomic mass is 14.3. The van der Waals surface area contributed by atoms with Gasteiger partial charge in [0.15, 0.2) is 0 Å². The van der Waals surface area contributed by atoms with Crippen molar-refractivity contribution in [2.45, 2.75) is 64.2 Å². The molecule has 0 saturated heterocycles. The van der Waals surface area contributed by atoms with E-state index in [1.807, 2.05) is 0 Å². The van der Waals surface area contributed by atoms with Crippen molar-refractivity contribution in [3.05, 3.63) is 71.3 Å². The number of benzene rings is 2.